The molecule has 0 aliphatic carbocycles. The minimum Gasteiger partial charge on any atom is -0.357 e. The first-order valence-corrected chi connectivity index (χ1v) is 12.3. The molecule has 1 unspecified atom stereocenters. The van der Waals surface area contributed by atoms with Crippen LogP contribution in [0.15, 0.2) is 30.5 Å². The van der Waals surface area contributed by atoms with Crippen LogP contribution in [-0.4, -0.2) is 52.3 Å². The van der Waals surface area contributed by atoms with E-state index in [1.54, 1.807) is 22.1 Å². The molecule has 3 N–H and O–H groups in total. The maximum atomic E-state index is 13.8. The summed E-state index contributed by atoms with van der Waals surface area (Å²) < 4.78 is 13.8. The Hall–Kier alpha value is -3.88. The topological polar surface area (TPSA) is 97.5 Å². The van der Waals surface area contributed by atoms with Crippen LogP contribution in [0.2, 0.25) is 0 Å². The minimum atomic E-state index is -0.422. The number of benzene rings is 1. The highest BCUT2D eigenvalue weighted by Crippen LogP contribution is 2.35. The first-order chi connectivity index (χ1) is 17.2. The maximum absolute atomic E-state index is 13.8. The number of carbonyl (C=O) groups excluding carboxylic acids is 3. The maximum Gasteiger partial charge on any atom is 0.324 e. The lowest BCUT2D eigenvalue weighted by Gasteiger charge is -2.29. The highest BCUT2D eigenvalue weighted by Gasteiger charge is 2.28. The van der Waals surface area contributed by atoms with E-state index >= 15 is 0 Å². The Morgan fingerprint density at radius 1 is 1.28 bits per heavy atom. The molecule has 2 aliphatic rings. The third-order valence-electron chi connectivity index (χ3n) is 6.80. The van der Waals surface area contributed by atoms with Crippen molar-refractivity contribution in [1.82, 2.24) is 14.8 Å². The Morgan fingerprint density at radius 3 is 2.72 bits per heavy atom. The molecule has 0 bridgehead atoms. The summed E-state index contributed by atoms with van der Waals surface area (Å²) in [4.78, 5) is 45.2. The molecule has 9 heteroatoms. The first kappa shape index (κ1) is 25.2. The number of amides is 4. The SMILES string of the molecule is CCC(CN(CC)C(=O)N1C=CCC1)C(=O)Nc1c(C)[nH]c(/C=C2\C(=O)Nc3ccc(F)cc32)c1C. The van der Waals surface area contributed by atoms with Crippen molar-refractivity contribution in [3.05, 3.63) is 58.8 Å². The van der Waals surface area contributed by atoms with Gasteiger partial charge in [-0.05, 0) is 63.5 Å². The first-order valence-electron chi connectivity index (χ1n) is 12.3. The van der Waals surface area contributed by atoms with E-state index in [0.717, 1.165) is 17.7 Å². The van der Waals surface area contributed by atoms with Gasteiger partial charge in [-0.1, -0.05) is 13.0 Å². The molecule has 1 aromatic carbocycles. The second-order valence-corrected chi connectivity index (χ2v) is 9.15. The highest BCUT2D eigenvalue weighted by atomic mass is 19.1. The zero-order valence-corrected chi connectivity index (χ0v) is 21.1. The number of hydrogen-bond acceptors (Lipinski definition) is 3. The highest BCUT2D eigenvalue weighted by molar-refractivity contribution is 6.34. The average Bonchev–Trinajstić information content (AvgIpc) is 3.56. The molecular weight excluding hydrogens is 461 g/mol. The monoisotopic (exact) mass is 493 g/mol. The molecule has 36 heavy (non-hydrogen) atoms. The van der Waals surface area contributed by atoms with Gasteiger partial charge in [-0.2, -0.15) is 0 Å². The van der Waals surface area contributed by atoms with Crippen LogP contribution in [0.25, 0.3) is 11.6 Å². The molecule has 0 fully saturated rings. The van der Waals surface area contributed by atoms with Crippen LogP contribution in [0.3, 0.4) is 0 Å². The quantitative estimate of drug-likeness (QED) is 0.479. The number of fused-ring (bicyclic) bond motifs is 1. The van der Waals surface area contributed by atoms with E-state index in [1.807, 2.05) is 33.8 Å². The fraction of sp³-hybridized carbons (Fsp3) is 0.370. The van der Waals surface area contributed by atoms with Gasteiger partial charge >= 0.3 is 6.03 Å². The van der Waals surface area contributed by atoms with E-state index in [9.17, 15) is 18.8 Å². The van der Waals surface area contributed by atoms with Crippen LogP contribution in [0.5, 0.6) is 0 Å². The summed E-state index contributed by atoms with van der Waals surface area (Å²) in [6.07, 6.45) is 6.86. The average molecular weight is 494 g/mol. The van der Waals surface area contributed by atoms with Gasteiger partial charge in [0.25, 0.3) is 5.91 Å². The van der Waals surface area contributed by atoms with Crippen molar-refractivity contribution in [3.63, 3.8) is 0 Å². The normalized spacial score (nSPS) is 16.3. The number of aromatic nitrogens is 1. The third-order valence-corrected chi connectivity index (χ3v) is 6.80. The number of anilines is 2. The van der Waals surface area contributed by atoms with Crippen LogP contribution in [-0.2, 0) is 9.59 Å². The number of nitrogens with zero attached hydrogens (tertiary/aromatic N) is 2. The van der Waals surface area contributed by atoms with Crippen molar-refractivity contribution < 1.29 is 18.8 Å². The lowest BCUT2D eigenvalue weighted by molar-refractivity contribution is -0.120. The van der Waals surface area contributed by atoms with E-state index in [-0.39, 0.29) is 23.8 Å². The fourth-order valence-corrected chi connectivity index (χ4v) is 4.62. The molecule has 4 amide bonds. The fourth-order valence-electron chi connectivity index (χ4n) is 4.62. The molecule has 2 aromatic rings. The summed E-state index contributed by atoms with van der Waals surface area (Å²) in [5, 5.41) is 5.77. The van der Waals surface area contributed by atoms with Gasteiger partial charge in [0, 0.05) is 48.5 Å². The lowest BCUT2D eigenvalue weighted by atomic mass is 10.0. The number of halogens is 1. The van der Waals surface area contributed by atoms with Gasteiger partial charge in [0.05, 0.1) is 17.2 Å². The van der Waals surface area contributed by atoms with E-state index in [0.29, 0.717) is 54.3 Å². The molecule has 190 valence electrons. The van der Waals surface area contributed by atoms with Gasteiger partial charge in [-0.25, -0.2) is 9.18 Å². The summed E-state index contributed by atoms with van der Waals surface area (Å²) in [5.41, 5.74) is 4.22. The Kier molecular flexibility index (Phi) is 7.28. The molecule has 4 rings (SSSR count). The Bertz CT molecular complexity index is 1260. The Labute approximate surface area is 210 Å². The molecule has 8 nitrogen and oxygen atoms in total. The second-order valence-electron chi connectivity index (χ2n) is 9.15. The number of aryl methyl sites for hydroxylation is 1. The van der Waals surface area contributed by atoms with Gasteiger partial charge in [0.2, 0.25) is 5.91 Å². The predicted molar refractivity (Wildman–Crippen MR) is 139 cm³/mol. The summed E-state index contributed by atoms with van der Waals surface area (Å²) in [6.45, 7) is 9.03. The molecule has 0 saturated carbocycles. The van der Waals surface area contributed by atoms with Crippen LogP contribution >= 0.6 is 0 Å². The standard InChI is InChI=1S/C27H32FN5O3/c1-5-18(15-32(6-2)27(36)33-11-7-8-12-33)25(34)31-24-16(3)23(29-17(24)4)14-21-20-13-19(28)9-10-22(20)30-26(21)35/h7,9-11,13-14,18,29H,5-6,8,12,15H2,1-4H3,(H,30,35)(H,31,34)/b21-14-. The van der Waals surface area contributed by atoms with Crippen LogP contribution in [0.1, 0.15) is 49.2 Å². The lowest BCUT2D eigenvalue weighted by Crippen LogP contribution is -2.44. The number of urea groups is 1. The zero-order valence-electron chi connectivity index (χ0n) is 21.1. The molecule has 3 heterocycles. The number of nitrogens with one attached hydrogen (secondary N) is 3. The van der Waals surface area contributed by atoms with E-state index in [4.69, 9.17) is 0 Å². The van der Waals surface area contributed by atoms with Crippen LogP contribution < -0.4 is 10.6 Å². The number of H-pyrrole nitrogens is 1. The van der Waals surface area contributed by atoms with Crippen LogP contribution in [0, 0.1) is 25.6 Å². The van der Waals surface area contributed by atoms with Crippen molar-refractivity contribution in [2.24, 2.45) is 5.92 Å². The summed E-state index contributed by atoms with van der Waals surface area (Å²) >= 11 is 0. The molecule has 2 aliphatic heterocycles. The molecule has 0 saturated heterocycles. The van der Waals surface area contributed by atoms with E-state index in [1.165, 1.54) is 18.2 Å². The van der Waals surface area contributed by atoms with Crippen LogP contribution in [0.4, 0.5) is 20.6 Å². The van der Waals surface area contributed by atoms with Crippen molar-refractivity contribution >= 4 is 40.9 Å². The number of hydrogen-bond donors (Lipinski definition) is 3. The van der Waals surface area contributed by atoms with Crippen molar-refractivity contribution in [3.8, 4) is 0 Å². The predicted octanol–water partition coefficient (Wildman–Crippen LogP) is 4.89. The van der Waals surface area contributed by atoms with E-state index < -0.39 is 5.82 Å². The number of carbonyl (C=O) groups is 3. The smallest absolute Gasteiger partial charge is 0.324 e. The molecule has 1 atom stereocenters. The Balaban J connectivity index is 1.52. The van der Waals surface area contributed by atoms with Gasteiger partial charge in [0.1, 0.15) is 5.82 Å². The van der Waals surface area contributed by atoms with Gasteiger partial charge < -0.3 is 25.4 Å². The van der Waals surface area contributed by atoms with Crippen molar-refractivity contribution in [1.29, 1.82) is 0 Å². The summed E-state index contributed by atoms with van der Waals surface area (Å²) in [7, 11) is 0. The number of rotatable bonds is 7. The third kappa shape index (κ3) is 4.91. The summed E-state index contributed by atoms with van der Waals surface area (Å²) in [6, 6.07) is 4.08. The zero-order chi connectivity index (χ0) is 26.0. The summed E-state index contributed by atoms with van der Waals surface area (Å²) in [5.74, 6) is -1.28. The number of aromatic amines is 1. The second kappa shape index (κ2) is 10.4. The van der Waals surface area contributed by atoms with Crippen molar-refractivity contribution in [2.75, 3.05) is 30.3 Å². The van der Waals surface area contributed by atoms with Crippen molar-refractivity contribution in [2.45, 2.75) is 40.5 Å². The minimum absolute atomic E-state index is 0.0908. The largest absolute Gasteiger partial charge is 0.357 e. The molecule has 0 spiro atoms. The molecular formula is C27H32FN5O3. The molecule has 1 aromatic heterocycles. The van der Waals surface area contributed by atoms with E-state index in [2.05, 4.69) is 15.6 Å². The van der Waals surface area contributed by atoms with Gasteiger partial charge in [0.15, 0.2) is 0 Å². The van der Waals surface area contributed by atoms with Gasteiger partial charge in [-0.3, -0.25) is 9.59 Å². The molecule has 0 radical (unpaired) electrons. The Morgan fingerprint density at radius 2 is 2.06 bits per heavy atom. The van der Waals surface area contributed by atoms with Gasteiger partial charge in [-0.15, -0.1) is 0 Å².